The molecule has 0 aromatic carbocycles. The highest BCUT2D eigenvalue weighted by atomic mass is 16.4. The highest BCUT2D eigenvalue weighted by Gasteiger charge is 2.24. The van der Waals surface area contributed by atoms with Crippen LogP contribution in [-0.4, -0.2) is 59.4 Å². The minimum atomic E-state index is -1.19. The number of nitrogens with one attached hydrogen (secondary N) is 4. The molecule has 0 aliphatic heterocycles. The van der Waals surface area contributed by atoms with E-state index < -0.39 is 35.9 Å². The number of carboxylic acids is 1. The van der Waals surface area contributed by atoms with Crippen molar-refractivity contribution in [1.82, 2.24) is 21.3 Å². The summed E-state index contributed by atoms with van der Waals surface area (Å²) in [6.07, 6.45) is 1.55. The van der Waals surface area contributed by atoms with Crippen LogP contribution in [0.1, 0.15) is 47.0 Å². The SMILES string of the molecule is CC(=O)NCCCC[C@H](NC(C)=O)C(=O)N[C@@H](C)C(=O)N[C@@H](C)C(=O)O. The number of hydrogen-bond donors (Lipinski definition) is 5. The van der Waals surface area contributed by atoms with Crippen molar-refractivity contribution in [3.8, 4) is 0 Å². The maximum atomic E-state index is 12.3. The van der Waals surface area contributed by atoms with E-state index in [1.165, 1.54) is 27.7 Å². The van der Waals surface area contributed by atoms with Gasteiger partial charge in [0, 0.05) is 20.4 Å². The predicted octanol–water partition coefficient (Wildman–Crippen LogP) is -1.11. The topological polar surface area (TPSA) is 154 Å². The maximum absolute atomic E-state index is 12.3. The summed E-state index contributed by atoms with van der Waals surface area (Å²) in [5.74, 6) is -2.89. The van der Waals surface area contributed by atoms with E-state index in [9.17, 15) is 24.0 Å². The van der Waals surface area contributed by atoms with Gasteiger partial charge in [-0.2, -0.15) is 0 Å². The van der Waals surface area contributed by atoms with Crippen LogP contribution in [0.4, 0.5) is 0 Å². The van der Waals surface area contributed by atoms with Gasteiger partial charge in [-0.25, -0.2) is 0 Å². The molecule has 0 bridgehead atoms. The van der Waals surface area contributed by atoms with Gasteiger partial charge in [-0.1, -0.05) is 0 Å². The van der Waals surface area contributed by atoms with E-state index in [1.54, 1.807) is 0 Å². The van der Waals surface area contributed by atoms with Gasteiger partial charge in [-0.3, -0.25) is 24.0 Å². The van der Waals surface area contributed by atoms with Gasteiger partial charge in [0.05, 0.1) is 0 Å². The van der Waals surface area contributed by atoms with Crippen molar-refractivity contribution in [3.05, 3.63) is 0 Å². The number of hydrogen-bond acceptors (Lipinski definition) is 5. The van der Waals surface area contributed by atoms with Gasteiger partial charge in [0.2, 0.25) is 23.6 Å². The quantitative estimate of drug-likeness (QED) is 0.290. The standard InChI is InChI=1S/C16H28N4O6/c1-9(14(23)19-10(2)16(25)26)18-15(24)13(20-12(4)22)7-5-6-8-17-11(3)21/h9-10,13H,5-8H2,1-4H3,(H,17,21)(H,18,24)(H,19,23)(H,20,22)(H,25,26)/t9-,10-,13-/m0/s1. The summed E-state index contributed by atoms with van der Waals surface area (Å²) in [4.78, 5) is 57.0. The Balaban J connectivity index is 4.56. The number of carbonyl (C=O) groups excluding carboxylic acids is 4. The minimum Gasteiger partial charge on any atom is -0.480 e. The second-order valence-electron chi connectivity index (χ2n) is 6.03. The average Bonchev–Trinajstić information content (AvgIpc) is 2.52. The lowest BCUT2D eigenvalue weighted by Crippen LogP contribution is -2.54. The fraction of sp³-hybridized carbons (Fsp3) is 0.688. The summed E-state index contributed by atoms with van der Waals surface area (Å²) in [7, 11) is 0. The molecule has 0 unspecified atom stereocenters. The van der Waals surface area contributed by atoms with Crippen molar-refractivity contribution >= 4 is 29.6 Å². The van der Waals surface area contributed by atoms with Crippen molar-refractivity contribution in [1.29, 1.82) is 0 Å². The van der Waals surface area contributed by atoms with Gasteiger partial charge < -0.3 is 26.4 Å². The van der Waals surface area contributed by atoms with Gasteiger partial charge in [-0.15, -0.1) is 0 Å². The molecule has 0 saturated carbocycles. The summed E-state index contributed by atoms with van der Waals surface area (Å²) >= 11 is 0. The molecule has 0 fully saturated rings. The molecule has 0 aliphatic carbocycles. The van der Waals surface area contributed by atoms with Crippen LogP contribution < -0.4 is 21.3 Å². The predicted molar refractivity (Wildman–Crippen MR) is 93.0 cm³/mol. The molecule has 0 aromatic rings. The Hall–Kier alpha value is -2.65. The molecule has 10 nitrogen and oxygen atoms in total. The first kappa shape index (κ1) is 23.4. The van der Waals surface area contributed by atoms with Crippen molar-refractivity contribution in [3.63, 3.8) is 0 Å². The van der Waals surface area contributed by atoms with Crippen LogP contribution in [-0.2, 0) is 24.0 Å². The zero-order valence-corrected chi connectivity index (χ0v) is 15.5. The van der Waals surface area contributed by atoms with Crippen molar-refractivity contribution in [2.75, 3.05) is 6.54 Å². The molecule has 3 atom stereocenters. The van der Waals surface area contributed by atoms with E-state index in [-0.39, 0.29) is 11.8 Å². The summed E-state index contributed by atoms with van der Waals surface area (Å²) in [5, 5.41) is 18.6. The molecule has 10 heteroatoms. The van der Waals surface area contributed by atoms with Gasteiger partial charge in [0.15, 0.2) is 0 Å². The molecule has 0 aromatic heterocycles. The molecule has 0 spiro atoms. The van der Waals surface area contributed by atoms with Gasteiger partial charge >= 0.3 is 5.97 Å². The number of carbonyl (C=O) groups is 5. The summed E-state index contributed by atoms with van der Waals surface area (Å²) in [5.41, 5.74) is 0. The highest BCUT2D eigenvalue weighted by molar-refractivity contribution is 5.92. The van der Waals surface area contributed by atoms with E-state index in [0.29, 0.717) is 25.8 Å². The Labute approximate surface area is 152 Å². The van der Waals surface area contributed by atoms with Gasteiger partial charge in [-0.05, 0) is 33.1 Å². The monoisotopic (exact) mass is 372 g/mol. The third kappa shape index (κ3) is 10.3. The Morgan fingerprint density at radius 1 is 0.808 bits per heavy atom. The third-order valence-electron chi connectivity index (χ3n) is 3.47. The fourth-order valence-electron chi connectivity index (χ4n) is 2.03. The molecule has 4 amide bonds. The van der Waals surface area contributed by atoms with E-state index in [4.69, 9.17) is 5.11 Å². The van der Waals surface area contributed by atoms with Crippen LogP contribution in [0.3, 0.4) is 0 Å². The van der Waals surface area contributed by atoms with Crippen LogP contribution in [0.2, 0.25) is 0 Å². The maximum Gasteiger partial charge on any atom is 0.325 e. The van der Waals surface area contributed by atoms with Gasteiger partial charge in [0.25, 0.3) is 0 Å². The first-order valence-electron chi connectivity index (χ1n) is 8.39. The normalized spacial score (nSPS) is 13.7. The van der Waals surface area contributed by atoms with Crippen LogP contribution in [0, 0.1) is 0 Å². The second kappa shape index (κ2) is 11.8. The fourth-order valence-corrected chi connectivity index (χ4v) is 2.03. The molecular weight excluding hydrogens is 344 g/mol. The third-order valence-corrected chi connectivity index (χ3v) is 3.47. The molecule has 0 rings (SSSR count). The number of rotatable bonds is 11. The number of aliphatic carboxylic acids is 1. The largest absolute Gasteiger partial charge is 0.480 e. The molecule has 0 heterocycles. The molecule has 5 N–H and O–H groups in total. The van der Waals surface area contributed by atoms with Crippen LogP contribution in [0.25, 0.3) is 0 Å². The molecule has 148 valence electrons. The average molecular weight is 372 g/mol. The first-order valence-corrected chi connectivity index (χ1v) is 8.39. The van der Waals surface area contributed by atoms with Crippen molar-refractivity contribution in [2.45, 2.75) is 65.1 Å². The zero-order chi connectivity index (χ0) is 20.3. The highest BCUT2D eigenvalue weighted by Crippen LogP contribution is 2.02. The van der Waals surface area contributed by atoms with Crippen LogP contribution in [0.15, 0.2) is 0 Å². The Bertz CT molecular complexity index is 537. The van der Waals surface area contributed by atoms with Gasteiger partial charge in [0.1, 0.15) is 18.1 Å². The van der Waals surface area contributed by atoms with E-state index in [2.05, 4.69) is 21.3 Å². The summed E-state index contributed by atoms with van der Waals surface area (Å²) in [6, 6.07) is -2.86. The number of unbranched alkanes of at least 4 members (excludes halogenated alkanes) is 1. The molecule has 26 heavy (non-hydrogen) atoms. The smallest absolute Gasteiger partial charge is 0.325 e. The first-order chi connectivity index (χ1) is 12.0. The van der Waals surface area contributed by atoms with E-state index in [0.717, 1.165) is 0 Å². The zero-order valence-electron chi connectivity index (χ0n) is 15.5. The molecular formula is C16H28N4O6. The van der Waals surface area contributed by atoms with E-state index in [1.807, 2.05) is 0 Å². The number of amides is 4. The molecule has 0 saturated heterocycles. The van der Waals surface area contributed by atoms with Crippen LogP contribution >= 0.6 is 0 Å². The Morgan fingerprint density at radius 2 is 1.38 bits per heavy atom. The lowest BCUT2D eigenvalue weighted by atomic mass is 10.1. The minimum absolute atomic E-state index is 0.142. The lowest BCUT2D eigenvalue weighted by molar-refractivity contribution is -0.141. The Kier molecular flexibility index (Phi) is 10.6. The summed E-state index contributed by atoms with van der Waals surface area (Å²) < 4.78 is 0. The van der Waals surface area contributed by atoms with E-state index >= 15 is 0 Å². The Morgan fingerprint density at radius 3 is 1.88 bits per heavy atom. The lowest BCUT2D eigenvalue weighted by Gasteiger charge is -2.21. The second-order valence-corrected chi connectivity index (χ2v) is 6.03. The number of carboxylic acid groups (broad SMARTS) is 1. The van der Waals surface area contributed by atoms with Crippen molar-refractivity contribution < 1.29 is 29.1 Å². The van der Waals surface area contributed by atoms with Crippen LogP contribution in [0.5, 0.6) is 0 Å². The summed E-state index contributed by atoms with van der Waals surface area (Å²) in [6.45, 7) is 5.89. The van der Waals surface area contributed by atoms with Crippen molar-refractivity contribution in [2.24, 2.45) is 0 Å². The molecule has 0 radical (unpaired) electrons. The molecule has 0 aliphatic rings.